The number of nitrogens with one attached hydrogen (secondary N) is 1. The van der Waals surface area contributed by atoms with Gasteiger partial charge in [-0.3, -0.25) is 0 Å². The Balaban J connectivity index is 2.38. The van der Waals surface area contributed by atoms with Gasteiger partial charge in [-0.1, -0.05) is 11.6 Å². The third-order valence-corrected chi connectivity index (χ3v) is 2.50. The summed E-state index contributed by atoms with van der Waals surface area (Å²) in [5, 5.41) is 3.83. The molecule has 0 spiro atoms. The van der Waals surface area contributed by atoms with E-state index in [4.69, 9.17) is 16.0 Å². The quantitative estimate of drug-likeness (QED) is 0.845. The van der Waals surface area contributed by atoms with E-state index in [0.717, 1.165) is 34.7 Å². The van der Waals surface area contributed by atoms with Crippen LogP contribution in [-0.2, 0) is 6.42 Å². The Bertz CT molecular complexity index is 439. The van der Waals surface area contributed by atoms with Gasteiger partial charge in [-0.15, -0.1) is 0 Å². The first-order valence-electron chi connectivity index (χ1n) is 4.47. The number of nitrogens with zero attached hydrogens (tertiary/aromatic N) is 1. The van der Waals surface area contributed by atoms with Crippen molar-refractivity contribution in [3.63, 3.8) is 0 Å². The highest BCUT2D eigenvalue weighted by Gasteiger charge is 2.05. The maximum Gasteiger partial charge on any atom is 0.181 e. The maximum absolute atomic E-state index is 6.09. The van der Waals surface area contributed by atoms with Gasteiger partial charge in [-0.05, 0) is 37.7 Å². The van der Waals surface area contributed by atoms with Crippen LogP contribution in [0.25, 0.3) is 11.1 Å². The van der Waals surface area contributed by atoms with Crippen molar-refractivity contribution in [3.05, 3.63) is 29.1 Å². The van der Waals surface area contributed by atoms with Crippen LogP contribution in [-0.4, -0.2) is 18.6 Å². The van der Waals surface area contributed by atoms with Crippen LogP contribution >= 0.6 is 11.6 Å². The molecular formula is C10H11ClN2O. The van der Waals surface area contributed by atoms with Gasteiger partial charge >= 0.3 is 0 Å². The van der Waals surface area contributed by atoms with Gasteiger partial charge in [0.15, 0.2) is 12.0 Å². The summed E-state index contributed by atoms with van der Waals surface area (Å²) in [5.41, 5.74) is 2.69. The molecule has 0 atom stereocenters. The number of likely N-dealkylation sites (N-methyl/N-ethyl adjacent to an activating group) is 1. The number of hydrogen-bond acceptors (Lipinski definition) is 3. The monoisotopic (exact) mass is 210 g/mol. The number of fused-ring (bicyclic) bond motifs is 1. The molecule has 1 N–H and O–H groups in total. The van der Waals surface area contributed by atoms with Gasteiger partial charge < -0.3 is 9.73 Å². The average Bonchev–Trinajstić information content (AvgIpc) is 2.61. The summed E-state index contributed by atoms with van der Waals surface area (Å²) in [7, 11) is 1.92. The maximum atomic E-state index is 6.09. The van der Waals surface area contributed by atoms with Crippen LogP contribution in [0.1, 0.15) is 5.56 Å². The first-order chi connectivity index (χ1) is 6.81. The molecule has 0 bridgehead atoms. The second-order valence-corrected chi connectivity index (χ2v) is 3.52. The van der Waals surface area contributed by atoms with Crippen molar-refractivity contribution in [2.24, 2.45) is 0 Å². The van der Waals surface area contributed by atoms with Crippen molar-refractivity contribution in [3.8, 4) is 0 Å². The van der Waals surface area contributed by atoms with Crippen LogP contribution in [0.4, 0.5) is 0 Å². The number of oxazole rings is 1. The number of hydrogen-bond donors (Lipinski definition) is 1. The van der Waals surface area contributed by atoms with Crippen LogP contribution in [0.2, 0.25) is 5.02 Å². The number of benzene rings is 1. The van der Waals surface area contributed by atoms with Gasteiger partial charge in [-0.25, -0.2) is 4.98 Å². The Morgan fingerprint density at radius 2 is 2.36 bits per heavy atom. The van der Waals surface area contributed by atoms with Gasteiger partial charge in [0.1, 0.15) is 5.52 Å². The third kappa shape index (κ3) is 1.74. The SMILES string of the molecule is CNCCc1cc2ocnc2cc1Cl. The lowest BCUT2D eigenvalue weighted by molar-refractivity contribution is 0.601. The van der Waals surface area contributed by atoms with Crippen molar-refractivity contribution in [2.75, 3.05) is 13.6 Å². The lowest BCUT2D eigenvalue weighted by Crippen LogP contribution is -2.10. The highest BCUT2D eigenvalue weighted by molar-refractivity contribution is 6.32. The molecule has 3 nitrogen and oxygen atoms in total. The lowest BCUT2D eigenvalue weighted by Gasteiger charge is -2.02. The van der Waals surface area contributed by atoms with Crippen LogP contribution in [0.5, 0.6) is 0 Å². The van der Waals surface area contributed by atoms with E-state index in [0.29, 0.717) is 0 Å². The Morgan fingerprint density at radius 1 is 1.50 bits per heavy atom. The van der Waals surface area contributed by atoms with Crippen molar-refractivity contribution in [1.82, 2.24) is 10.3 Å². The summed E-state index contributed by atoms with van der Waals surface area (Å²) in [4.78, 5) is 4.03. The minimum absolute atomic E-state index is 0.752. The highest BCUT2D eigenvalue weighted by atomic mass is 35.5. The first kappa shape index (κ1) is 9.49. The topological polar surface area (TPSA) is 38.1 Å². The smallest absolute Gasteiger partial charge is 0.181 e. The zero-order valence-electron chi connectivity index (χ0n) is 7.88. The van der Waals surface area contributed by atoms with Gasteiger partial charge in [0.25, 0.3) is 0 Å². The molecule has 14 heavy (non-hydrogen) atoms. The lowest BCUT2D eigenvalue weighted by atomic mass is 10.1. The zero-order valence-corrected chi connectivity index (χ0v) is 8.64. The molecule has 1 heterocycles. The Hall–Kier alpha value is -1.06. The van der Waals surface area contributed by atoms with E-state index in [1.165, 1.54) is 6.39 Å². The minimum Gasteiger partial charge on any atom is -0.443 e. The molecule has 74 valence electrons. The summed E-state index contributed by atoms with van der Waals surface area (Å²) in [6.45, 7) is 0.902. The second-order valence-electron chi connectivity index (χ2n) is 3.12. The van der Waals surface area contributed by atoms with Crippen molar-refractivity contribution in [2.45, 2.75) is 6.42 Å². The molecular weight excluding hydrogens is 200 g/mol. The fourth-order valence-electron chi connectivity index (χ4n) is 1.37. The third-order valence-electron chi connectivity index (χ3n) is 2.14. The summed E-state index contributed by atoms with van der Waals surface area (Å²) < 4.78 is 5.20. The van der Waals surface area contributed by atoms with Crippen molar-refractivity contribution < 1.29 is 4.42 Å². The van der Waals surface area contributed by atoms with Gasteiger partial charge in [0.2, 0.25) is 0 Å². The van der Waals surface area contributed by atoms with Crippen molar-refractivity contribution >= 4 is 22.7 Å². The number of aromatic nitrogens is 1. The van der Waals surface area contributed by atoms with E-state index in [-0.39, 0.29) is 0 Å². The fraction of sp³-hybridized carbons (Fsp3) is 0.300. The first-order valence-corrected chi connectivity index (χ1v) is 4.85. The van der Waals surface area contributed by atoms with Gasteiger partial charge in [0, 0.05) is 5.02 Å². The minimum atomic E-state index is 0.752. The Morgan fingerprint density at radius 3 is 3.14 bits per heavy atom. The fourth-order valence-corrected chi connectivity index (χ4v) is 1.62. The molecule has 0 aliphatic rings. The van der Waals surface area contributed by atoms with E-state index < -0.39 is 0 Å². The van der Waals surface area contributed by atoms with E-state index >= 15 is 0 Å². The van der Waals surface area contributed by atoms with Crippen LogP contribution < -0.4 is 5.32 Å². The van der Waals surface area contributed by atoms with Crippen LogP contribution in [0.3, 0.4) is 0 Å². The average molecular weight is 211 g/mol. The van der Waals surface area contributed by atoms with E-state index in [9.17, 15) is 0 Å². The standard InChI is InChI=1S/C10H11ClN2O/c1-12-3-2-7-4-10-9(5-8(7)11)13-6-14-10/h4-6,12H,2-3H2,1H3. The molecule has 2 aromatic rings. The predicted octanol–water partition coefficient (Wildman–Crippen LogP) is 2.24. The zero-order chi connectivity index (χ0) is 9.97. The van der Waals surface area contributed by atoms with E-state index in [1.807, 2.05) is 19.2 Å². The molecule has 0 aliphatic carbocycles. The summed E-state index contributed by atoms with van der Waals surface area (Å²) in [6.07, 6.45) is 2.33. The normalized spacial score (nSPS) is 11.0. The number of rotatable bonds is 3. The predicted molar refractivity (Wildman–Crippen MR) is 56.6 cm³/mol. The molecule has 0 aliphatic heterocycles. The molecule has 1 aromatic carbocycles. The molecule has 2 rings (SSSR count). The Labute approximate surface area is 87.1 Å². The van der Waals surface area contributed by atoms with Crippen molar-refractivity contribution in [1.29, 1.82) is 0 Å². The summed E-state index contributed by atoms with van der Waals surface area (Å²) in [5.74, 6) is 0. The van der Waals surface area contributed by atoms with Gasteiger partial charge in [-0.2, -0.15) is 0 Å². The van der Waals surface area contributed by atoms with E-state index in [1.54, 1.807) is 0 Å². The summed E-state index contributed by atoms with van der Waals surface area (Å²) >= 11 is 6.09. The molecule has 1 aromatic heterocycles. The summed E-state index contributed by atoms with van der Waals surface area (Å²) in [6, 6.07) is 3.79. The highest BCUT2D eigenvalue weighted by Crippen LogP contribution is 2.23. The Kier molecular flexibility index (Phi) is 2.70. The van der Waals surface area contributed by atoms with Gasteiger partial charge in [0.05, 0.1) is 0 Å². The molecule has 0 radical (unpaired) electrons. The van der Waals surface area contributed by atoms with E-state index in [2.05, 4.69) is 10.3 Å². The second kappa shape index (κ2) is 3.98. The molecule has 0 amide bonds. The molecule has 0 saturated heterocycles. The molecule has 0 saturated carbocycles. The largest absolute Gasteiger partial charge is 0.443 e. The molecule has 0 unspecified atom stereocenters. The molecule has 0 fully saturated rings. The van der Waals surface area contributed by atoms with Crippen LogP contribution in [0, 0.1) is 0 Å². The van der Waals surface area contributed by atoms with Crippen LogP contribution in [0.15, 0.2) is 22.9 Å². The molecule has 4 heteroatoms. The number of halogens is 1.